The van der Waals surface area contributed by atoms with E-state index in [9.17, 15) is 14.0 Å². The van der Waals surface area contributed by atoms with E-state index < -0.39 is 17.6 Å². The minimum atomic E-state index is -0.937. The second-order valence-corrected chi connectivity index (χ2v) is 4.44. The molecule has 0 aliphatic rings. The van der Waals surface area contributed by atoms with E-state index in [0.717, 1.165) is 0 Å². The lowest BCUT2D eigenvalue weighted by atomic mass is 10.2. The van der Waals surface area contributed by atoms with Crippen molar-refractivity contribution in [1.82, 2.24) is 5.43 Å². The lowest BCUT2D eigenvalue weighted by molar-refractivity contribution is -0.136. The molecule has 0 aliphatic carbocycles. The maximum absolute atomic E-state index is 13.0. The van der Waals surface area contributed by atoms with E-state index in [-0.39, 0.29) is 0 Å². The fraction of sp³-hybridized carbons (Fsp3) is 0.0625. The fourth-order valence-corrected chi connectivity index (χ4v) is 1.67. The Bertz CT molecular complexity index is 730. The maximum atomic E-state index is 13.0. The first-order valence-corrected chi connectivity index (χ1v) is 6.62. The Labute approximate surface area is 132 Å². The zero-order chi connectivity index (χ0) is 16.7. The Morgan fingerprint density at radius 1 is 1.13 bits per heavy atom. The molecular formula is C16H14FN3O3. The highest BCUT2D eigenvalue weighted by molar-refractivity contribution is 6.39. The number of amides is 2. The summed E-state index contributed by atoms with van der Waals surface area (Å²) < 4.78 is 17.9. The van der Waals surface area contributed by atoms with Gasteiger partial charge in [0.25, 0.3) is 0 Å². The molecule has 2 aromatic rings. The van der Waals surface area contributed by atoms with Crippen molar-refractivity contribution in [2.45, 2.75) is 0 Å². The lowest BCUT2D eigenvalue weighted by Crippen LogP contribution is -2.32. The van der Waals surface area contributed by atoms with Crippen LogP contribution in [0.2, 0.25) is 0 Å². The summed E-state index contributed by atoms with van der Waals surface area (Å²) in [6.45, 7) is 0. The van der Waals surface area contributed by atoms with Gasteiger partial charge in [0.2, 0.25) is 0 Å². The third-order valence-corrected chi connectivity index (χ3v) is 2.78. The van der Waals surface area contributed by atoms with Crippen LogP contribution in [-0.4, -0.2) is 25.1 Å². The van der Waals surface area contributed by atoms with Crippen molar-refractivity contribution < 1.29 is 18.7 Å². The molecule has 0 saturated heterocycles. The van der Waals surface area contributed by atoms with Crippen LogP contribution in [0.5, 0.6) is 5.75 Å². The van der Waals surface area contributed by atoms with Crippen LogP contribution in [0.4, 0.5) is 10.1 Å². The number of halogens is 1. The third kappa shape index (κ3) is 4.92. The van der Waals surface area contributed by atoms with E-state index in [1.165, 1.54) is 31.5 Å². The summed E-state index contributed by atoms with van der Waals surface area (Å²) in [6, 6.07) is 12.1. The van der Waals surface area contributed by atoms with Crippen molar-refractivity contribution >= 4 is 23.7 Å². The van der Waals surface area contributed by atoms with Crippen LogP contribution in [0.15, 0.2) is 53.6 Å². The first-order chi connectivity index (χ1) is 11.1. The molecule has 0 fully saturated rings. The van der Waals surface area contributed by atoms with E-state index in [4.69, 9.17) is 4.74 Å². The molecular weight excluding hydrogens is 301 g/mol. The van der Waals surface area contributed by atoms with Crippen LogP contribution >= 0.6 is 0 Å². The first-order valence-electron chi connectivity index (χ1n) is 6.62. The van der Waals surface area contributed by atoms with E-state index in [2.05, 4.69) is 15.8 Å². The largest absolute Gasteiger partial charge is 0.497 e. The van der Waals surface area contributed by atoms with Gasteiger partial charge in [-0.25, -0.2) is 9.82 Å². The standard InChI is InChI=1S/C16H14FN3O3/c1-23-14-7-5-13(6-8-14)19-15(21)16(22)20-18-10-11-3-2-4-12(17)9-11/h2-10H,1H3,(H,19,21)(H,20,22)/b18-10+. The van der Waals surface area contributed by atoms with Crippen LogP contribution in [0.3, 0.4) is 0 Å². The summed E-state index contributed by atoms with van der Waals surface area (Å²) in [7, 11) is 1.53. The molecule has 2 amide bonds. The second kappa shape index (κ2) is 7.69. The molecule has 0 atom stereocenters. The number of hydrogen-bond donors (Lipinski definition) is 2. The molecule has 0 saturated carbocycles. The molecule has 0 heterocycles. The Hall–Kier alpha value is -3.22. The summed E-state index contributed by atoms with van der Waals surface area (Å²) in [6.07, 6.45) is 1.24. The van der Waals surface area contributed by atoms with Crippen LogP contribution in [-0.2, 0) is 9.59 Å². The van der Waals surface area contributed by atoms with Crippen molar-refractivity contribution in [3.63, 3.8) is 0 Å². The molecule has 0 radical (unpaired) electrons. The van der Waals surface area contributed by atoms with Crippen molar-refractivity contribution in [2.75, 3.05) is 12.4 Å². The monoisotopic (exact) mass is 315 g/mol. The Kier molecular flexibility index (Phi) is 5.40. The molecule has 2 aromatic carbocycles. The average molecular weight is 315 g/mol. The number of anilines is 1. The summed E-state index contributed by atoms with van der Waals surface area (Å²) in [5.74, 6) is -1.59. The fourth-order valence-electron chi connectivity index (χ4n) is 1.67. The molecule has 0 bridgehead atoms. The predicted molar refractivity (Wildman–Crippen MR) is 83.8 cm³/mol. The maximum Gasteiger partial charge on any atom is 0.329 e. The van der Waals surface area contributed by atoms with Gasteiger partial charge in [0.1, 0.15) is 11.6 Å². The third-order valence-electron chi connectivity index (χ3n) is 2.78. The number of ether oxygens (including phenoxy) is 1. The van der Waals surface area contributed by atoms with Gasteiger partial charge in [0, 0.05) is 5.69 Å². The van der Waals surface area contributed by atoms with Gasteiger partial charge in [-0.05, 0) is 42.0 Å². The van der Waals surface area contributed by atoms with Crippen molar-refractivity contribution in [3.8, 4) is 5.75 Å². The number of hydrogen-bond acceptors (Lipinski definition) is 4. The Balaban J connectivity index is 1.88. The minimum Gasteiger partial charge on any atom is -0.497 e. The van der Waals surface area contributed by atoms with E-state index >= 15 is 0 Å². The minimum absolute atomic E-state index is 0.419. The highest BCUT2D eigenvalue weighted by atomic mass is 19.1. The highest BCUT2D eigenvalue weighted by Crippen LogP contribution is 2.14. The van der Waals surface area contributed by atoms with E-state index in [1.54, 1.807) is 30.3 Å². The number of nitrogens with zero attached hydrogens (tertiary/aromatic N) is 1. The van der Waals surface area contributed by atoms with Crippen LogP contribution in [0.25, 0.3) is 0 Å². The van der Waals surface area contributed by atoms with E-state index in [0.29, 0.717) is 17.0 Å². The number of nitrogens with one attached hydrogen (secondary N) is 2. The second-order valence-electron chi connectivity index (χ2n) is 4.44. The summed E-state index contributed by atoms with van der Waals surface area (Å²) >= 11 is 0. The number of carbonyl (C=O) groups excluding carboxylic acids is 2. The van der Waals surface area contributed by atoms with Gasteiger partial charge in [-0.15, -0.1) is 0 Å². The molecule has 23 heavy (non-hydrogen) atoms. The van der Waals surface area contributed by atoms with Crippen LogP contribution < -0.4 is 15.5 Å². The van der Waals surface area contributed by atoms with Crippen LogP contribution in [0.1, 0.15) is 5.56 Å². The first kappa shape index (κ1) is 16.2. The molecule has 6 nitrogen and oxygen atoms in total. The molecule has 0 aliphatic heterocycles. The summed E-state index contributed by atoms with van der Waals surface area (Å²) in [5.41, 5.74) is 2.97. The quantitative estimate of drug-likeness (QED) is 0.514. The normalized spacial score (nSPS) is 10.3. The molecule has 2 rings (SSSR count). The van der Waals surface area contributed by atoms with Crippen LogP contribution in [0, 0.1) is 5.82 Å². The Morgan fingerprint density at radius 3 is 2.52 bits per heavy atom. The summed E-state index contributed by atoms with van der Waals surface area (Å²) in [5, 5.41) is 6.01. The number of hydrazone groups is 1. The molecule has 2 N–H and O–H groups in total. The number of carbonyl (C=O) groups is 2. The van der Waals surface area contributed by atoms with E-state index in [1.807, 2.05) is 0 Å². The smallest absolute Gasteiger partial charge is 0.329 e. The molecule has 0 aromatic heterocycles. The number of methoxy groups -OCH3 is 1. The average Bonchev–Trinajstić information content (AvgIpc) is 2.55. The number of rotatable bonds is 4. The van der Waals surface area contributed by atoms with Gasteiger partial charge in [0.05, 0.1) is 13.3 Å². The molecule has 118 valence electrons. The molecule has 0 spiro atoms. The van der Waals surface area contributed by atoms with Gasteiger partial charge in [-0.2, -0.15) is 5.10 Å². The zero-order valence-electron chi connectivity index (χ0n) is 12.2. The number of benzene rings is 2. The zero-order valence-corrected chi connectivity index (χ0v) is 12.2. The van der Waals surface area contributed by atoms with Gasteiger partial charge < -0.3 is 10.1 Å². The Morgan fingerprint density at radius 2 is 1.87 bits per heavy atom. The predicted octanol–water partition coefficient (Wildman–Crippen LogP) is 1.92. The van der Waals surface area contributed by atoms with Gasteiger partial charge in [-0.3, -0.25) is 9.59 Å². The highest BCUT2D eigenvalue weighted by Gasteiger charge is 2.12. The topological polar surface area (TPSA) is 79.8 Å². The van der Waals surface area contributed by atoms with Gasteiger partial charge >= 0.3 is 11.8 Å². The van der Waals surface area contributed by atoms with Crippen molar-refractivity contribution in [1.29, 1.82) is 0 Å². The lowest BCUT2D eigenvalue weighted by Gasteiger charge is -2.05. The van der Waals surface area contributed by atoms with Crippen molar-refractivity contribution in [2.24, 2.45) is 5.10 Å². The summed E-state index contributed by atoms with van der Waals surface area (Å²) in [4.78, 5) is 23.3. The molecule has 0 unspecified atom stereocenters. The molecule has 7 heteroatoms. The SMILES string of the molecule is COc1ccc(NC(=O)C(=O)N/N=C/c2cccc(F)c2)cc1. The van der Waals surface area contributed by atoms with Gasteiger partial charge in [0.15, 0.2) is 0 Å². The van der Waals surface area contributed by atoms with Crippen molar-refractivity contribution in [3.05, 3.63) is 59.9 Å². The van der Waals surface area contributed by atoms with Gasteiger partial charge in [-0.1, -0.05) is 12.1 Å².